The van der Waals surface area contributed by atoms with Crippen molar-refractivity contribution in [3.8, 4) is 0 Å². The smallest absolute Gasteiger partial charge is 0.248 e. The van der Waals surface area contributed by atoms with Gasteiger partial charge in [0.05, 0.1) is 22.9 Å². The molecule has 0 aliphatic rings. The fourth-order valence-corrected chi connectivity index (χ4v) is 3.14. The summed E-state index contributed by atoms with van der Waals surface area (Å²) in [5, 5.41) is 11.0. The highest BCUT2D eigenvalue weighted by atomic mass is 16.1. The van der Waals surface area contributed by atoms with E-state index in [-0.39, 0.29) is 0 Å². The molecule has 0 saturated carbocycles. The van der Waals surface area contributed by atoms with Crippen molar-refractivity contribution in [1.29, 1.82) is 0 Å². The third-order valence-electron chi connectivity index (χ3n) is 4.39. The molecule has 24 heavy (non-hydrogen) atoms. The van der Waals surface area contributed by atoms with Gasteiger partial charge in [0, 0.05) is 36.9 Å². The van der Waals surface area contributed by atoms with Crippen LogP contribution in [0.2, 0.25) is 0 Å². The van der Waals surface area contributed by atoms with Crippen LogP contribution in [0.25, 0.3) is 21.8 Å². The van der Waals surface area contributed by atoms with Crippen LogP contribution in [0.15, 0.2) is 42.6 Å². The summed E-state index contributed by atoms with van der Waals surface area (Å²) in [5.74, 6) is -0.427. The highest BCUT2D eigenvalue weighted by molar-refractivity contribution is 5.97. The quantitative estimate of drug-likeness (QED) is 0.628. The largest absolute Gasteiger partial charge is 0.366 e. The summed E-state index contributed by atoms with van der Waals surface area (Å²) in [7, 11) is 3.83. The maximum Gasteiger partial charge on any atom is 0.248 e. The molecule has 0 atom stereocenters. The molecule has 2 aromatic heterocycles. The number of hydrogen-bond donors (Lipinski definition) is 1. The van der Waals surface area contributed by atoms with Gasteiger partial charge in [0.15, 0.2) is 0 Å². The summed E-state index contributed by atoms with van der Waals surface area (Å²) >= 11 is 0. The van der Waals surface area contributed by atoms with Gasteiger partial charge in [0.25, 0.3) is 0 Å². The number of carbonyl (C=O) groups is 1. The molecule has 0 fully saturated rings. The lowest BCUT2D eigenvalue weighted by atomic mass is 10.0. The maximum absolute atomic E-state index is 11.5. The third-order valence-corrected chi connectivity index (χ3v) is 4.39. The standard InChI is InChI=1S/C18H17N5O/c1-22-16-5-3-11(7-13(16)10-20-22)8-15-14-9-12(18(19)24)4-6-17(14)23(2)21-15/h3-7,9-10H,8H2,1-2H3,(H2,19,24). The van der Waals surface area contributed by atoms with E-state index in [0.29, 0.717) is 12.0 Å². The number of benzene rings is 2. The molecule has 6 heteroatoms. The lowest BCUT2D eigenvalue weighted by Crippen LogP contribution is -2.10. The van der Waals surface area contributed by atoms with Gasteiger partial charge in [0.2, 0.25) is 5.91 Å². The van der Waals surface area contributed by atoms with Crippen LogP contribution in [-0.4, -0.2) is 25.5 Å². The minimum absolute atomic E-state index is 0.427. The second kappa shape index (κ2) is 5.19. The Bertz CT molecular complexity index is 1090. The molecule has 1 amide bonds. The number of fused-ring (bicyclic) bond motifs is 2. The molecule has 0 spiro atoms. The average Bonchev–Trinajstić information content (AvgIpc) is 3.08. The van der Waals surface area contributed by atoms with Gasteiger partial charge in [-0.3, -0.25) is 14.2 Å². The number of aryl methyl sites for hydroxylation is 2. The van der Waals surface area contributed by atoms with E-state index in [4.69, 9.17) is 5.73 Å². The molecule has 4 rings (SSSR count). The fraction of sp³-hybridized carbons (Fsp3) is 0.167. The molecule has 0 aliphatic carbocycles. The predicted octanol–water partition coefficient (Wildman–Crippen LogP) is 2.15. The fourth-order valence-electron chi connectivity index (χ4n) is 3.14. The van der Waals surface area contributed by atoms with Crippen LogP contribution >= 0.6 is 0 Å². The van der Waals surface area contributed by atoms with E-state index in [0.717, 1.165) is 33.1 Å². The van der Waals surface area contributed by atoms with Gasteiger partial charge in [0.1, 0.15) is 0 Å². The number of nitrogens with two attached hydrogens (primary N) is 1. The molecular formula is C18H17N5O. The zero-order valence-corrected chi connectivity index (χ0v) is 13.5. The number of aromatic nitrogens is 4. The molecule has 2 aromatic carbocycles. The normalized spacial score (nSPS) is 11.4. The van der Waals surface area contributed by atoms with Gasteiger partial charge in [-0.05, 0) is 35.9 Å². The number of nitrogens with zero attached hydrogens (tertiary/aromatic N) is 4. The lowest BCUT2D eigenvalue weighted by molar-refractivity contribution is 0.100. The summed E-state index contributed by atoms with van der Waals surface area (Å²) in [5.41, 5.74) is 10.1. The summed E-state index contributed by atoms with van der Waals surface area (Å²) in [6, 6.07) is 11.7. The maximum atomic E-state index is 11.5. The Morgan fingerprint density at radius 1 is 1.08 bits per heavy atom. The number of carbonyl (C=O) groups excluding carboxylic acids is 1. The van der Waals surface area contributed by atoms with Crippen molar-refractivity contribution in [2.24, 2.45) is 19.8 Å². The highest BCUT2D eigenvalue weighted by Gasteiger charge is 2.12. The van der Waals surface area contributed by atoms with E-state index in [1.807, 2.05) is 41.8 Å². The molecule has 0 saturated heterocycles. The van der Waals surface area contributed by atoms with E-state index in [2.05, 4.69) is 28.4 Å². The summed E-state index contributed by atoms with van der Waals surface area (Å²) in [6.07, 6.45) is 2.55. The van der Waals surface area contributed by atoms with Crippen molar-refractivity contribution >= 4 is 27.7 Å². The first-order valence-corrected chi connectivity index (χ1v) is 7.69. The minimum atomic E-state index is -0.427. The number of primary amides is 1. The van der Waals surface area contributed by atoms with Crippen LogP contribution in [0.1, 0.15) is 21.6 Å². The average molecular weight is 319 g/mol. The van der Waals surface area contributed by atoms with Crippen LogP contribution in [0.5, 0.6) is 0 Å². The lowest BCUT2D eigenvalue weighted by Gasteiger charge is -2.01. The molecule has 6 nitrogen and oxygen atoms in total. The van der Waals surface area contributed by atoms with E-state index in [1.165, 1.54) is 0 Å². The van der Waals surface area contributed by atoms with Crippen molar-refractivity contribution in [3.63, 3.8) is 0 Å². The second-order valence-electron chi connectivity index (χ2n) is 6.00. The Labute approximate surface area is 138 Å². The van der Waals surface area contributed by atoms with Crippen LogP contribution in [0, 0.1) is 0 Å². The van der Waals surface area contributed by atoms with E-state index in [9.17, 15) is 4.79 Å². The van der Waals surface area contributed by atoms with E-state index >= 15 is 0 Å². The first-order chi connectivity index (χ1) is 11.5. The zero-order valence-electron chi connectivity index (χ0n) is 13.5. The van der Waals surface area contributed by atoms with Gasteiger partial charge in [-0.15, -0.1) is 0 Å². The molecule has 0 radical (unpaired) electrons. The van der Waals surface area contributed by atoms with Gasteiger partial charge >= 0.3 is 0 Å². The Balaban J connectivity index is 1.79. The van der Waals surface area contributed by atoms with Crippen LogP contribution in [0.3, 0.4) is 0 Å². The van der Waals surface area contributed by atoms with Gasteiger partial charge in [-0.25, -0.2) is 0 Å². The molecule has 0 aliphatic heterocycles. The monoisotopic (exact) mass is 319 g/mol. The van der Waals surface area contributed by atoms with Crippen molar-refractivity contribution in [2.45, 2.75) is 6.42 Å². The Morgan fingerprint density at radius 2 is 1.88 bits per heavy atom. The summed E-state index contributed by atoms with van der Waals surface area (Å²) in [6.45, 7) is 0. The minimum Gasteiger partial charge on any atom is -0.366 e. The molecule has 2 heterocycles. The molecule has 120 valence electrons. The first-order valence-electron chi connectivity index (χ1n) is 7.69. The van der Waals surface area contributed by atoms with Crippen LogP contribution in [-0.2, 0) is 20.5 Å². The van der Waals surface area contributed by atoms with Crippen molar-refractivity contribution in [2.75, 3.05) is 0 Å². The number of hydrogen-bond acceptors (Lipinski definition) is 3. The Morgan fingerprint density at radius 3 is 2.67 bits per heavy atom. The third kappa shape index (κ3) is 2.23. The number of rotatable bonds is 3. The molecule has 0 bridgehead atoms. The predicted molar refractivity (Wildman–Crippen MR) is 92.8 cm³/mol. The van der Waals surface area contributed by atoms with Gasteiger partial charge in [-0.1, -0.05) is 6.07 Å². The van der Waals surface area contributed by atoms with Gasteiger partial charge in [-0.2, -0.15) is 10.2 Å². The second-order valence-corrected chi connectivity index (χ2v) is 6.00. The molecule has 4 aromatic rings. The Kier molecular flexibility index (Phi) is 3.13. The summed E-state index contributed by atoms with van der Waals surface area (Å²) < 4.78 is 3.69. The van der Waals surface area contributed by atoms with Crippen LogP contribution < -0.4 is 5.73 Å². The van der Waals surface area contributed by atoms with Crippen LogP contribution in [0.4, 0.5) is 0 Å². The van der Waals surface area contributed by atoms with E-state index in [1.54, 1.807) is 6.07 Å². The van der Waals surface area contributed by atoms with Crippen molar-refractivity contribution < 1.29 is 4.79 Å². The van der Waals surface area contributed by atoms with Gasteiger partial charge < -0.3 is 5.73 Å². The topological polar surface area (TPSA) is 78.7 Å². The summed E-state index contributed by atoms with van der Waals surface area (Å²) in [4.78, 5) is 11.5. The molecular weight excluding hydrogens is 302 g/mol. The molecule has 0 unspecified atom stereocenters. The van der Waals surface area contributed by atoms with E-state index < -0.39 is 5.91 Å². The van der Waals surface area contributed by atoms with Crippen molar-refractivity contribution in [1.82, 2.24) is 19.6 Å². The Hall–Kier alpha value is -3.15. The SMILES string of the molecule is Cn1ncc2cc(Cc3nn(C)c4ccc(C(N)=O)cc34)ccc21. The zero-order chi connectivity index (χ0) is 16.8. The van der Waals surface area contributed by atoms with Crippen molar-refractivity contribution in [3.05, 3.63) is 59.4 Å². The first kappa shape index (κ1) is 14.4. The number of amides is 1. The highest BCUT2D eigenvalue weighted by Crippen LogP contribution is 2.23. The molecule has 2 N–H and O–H groups in total.